The molecule has 18 heavy (non-hydrogen) atoms. The molecular weight excluding hydrogens is 233 g/mol. The second-order valence-electron chi connectivity index (χ2n) is 4.33. The van der Waals surface area contributed by atoms with Gasteiger partial charge in [-0.2, -0.15) is 0 Å². The predicted molar refractivity (Wildman–Crippen MR) is 69.2 cm³/mol. The molecule has 100 valence electrons. The van der Waals surface area contributed by atoms with Crippen molar-refractivity contribution in [2.24, 2.45) is 0 Å². The van der Waals surface area contributed by atoms with Crippen LogP contribution in [0, 0.1) is 12.7 Å². The zero-order valence-corrected chi connectivity index (χ0v) is 11.4. The van der Waals surface area contributed by atoms with Crippen LogP contribution >= 0.6 is 0 Å². The van der Waals surface area contributed by atoms with Gasteiger partial charge in [-0.05, 0) is 32.4 Å². The molecule has 1 atom stereocenters. The number of likely N-dealkylation sites (N-methyl/N-ethyl adjacent to an activating group) is 1. The fourth-order valence-corrected chi connectivity index (χ4v) is 1.95. The van der Waals surface area contributed by atoms with Crippen molar-refractivity contribution in [3.63, 3.8) is 0 Å². The molecule has 1 unspecified atom stereocenters. The van der Waals surface area contributed by atoms with E-state index in [0.717, 1.165) is 0 Å². The molecule has 0 N–H and O–H groups in total. The van der Waals surface area contributed by atoms with Crippen LogP contribution in [0.25, 0.3) is 0 Å². The number of halogens is 1. The Kier molecular flexibility index (Phi) is 5.28. The number of carbonyl (C=O) groups is 1. The Labute approximate surface area is 108 Å². The van der Waals surface area contributed by atoms with Crippen LogP contribution in [0.2, 0.25) is 0 Å². The van der Waals surface area contributed by atoms with Gasteiger partial charge < -0.3 is 9.64 Å². The number of nitrogens with zero attached hydrogens (tertiary/aromatic N) is 1. The maximum Gasteiger partial charge on any atom is 0.257 e. The molecule has 1 rings (SSSR count). The number of hydrogen-bond acceptors (Lipinski definition) is 2. The zero-order valence-electron chi connectivity index (χ0n) is 11.4. The molecule has 0 aliphatic rings. The predicted octanol–water partition coefficient (Wildman–Crippen LogP) is 2.63. The summed E-state index contributed by atoms with van der Waals surface area (Å²) in [7, 11) is 1.59. The molecule has 0 aliphatic carbocycles. The Morgan fingerprint density at radius 1 is 1.50 bits per heavy atom. The number of ether oxygens (including phenoxy) is 1. The lowest BCUT2D eigenvalue weighted by Crippen LogP contribution is -2.41. The van der Waals surface area contributed by atoms with Gasteiger partial charge in [-0.15, -0.1) is 0 Å². The molecule has 4 heteroatoms. The smallest absolute Gasteiger partial charge is 0.257 e. The van der Waals surface area contributed by atoms with Gasteiger partial charge in [0.15, 0.2) is 0 Å². The minimum absolute atomic E-state index is 0.0765. The van der Waals surface area contributed by atoms with E-state index >= 15 is 0 Å². The highest BCUT2D eigenvalue weighted by Gasteiger charge is 2.22. The first-order chi connectivity index (χ1) is 8.52. The lowest BCUT2D eigenvalue weighted by Gasteiger charge is -2.27. The zero-order chi connectivity index (χ0) is 13.7. The molecular formula is C14H20FNO2. The van der Waals surface area contributed by atoms with E-state index in [0.29, 0.717) is 18.7 Å². The standard InChI is InChI=1S/C14H20FNO2/c1-5-16(11(3)9-18-4)14(17)12-8-6-7-10(2)13(12)15/h6-8,11H,5,9H2,1-4H3. The monoisotopic (exact) mass is 253 g/mol. The Balaban J connectivity index is 3.00. The molecule has 3 nitrogen and oxygen atoms in total. The van der Waals surface area contributed by atoms with Crippen LogP contribution in [-0.4, -0.2) is 37.1 Å². The summed E-state index contributed by atoms with van der Waals surface area (Å²) in [6.45, 7) is 6.38. The summed E-state index contributed by atoms with van der Waals surface area (Å²) in [6.07, 6.45) is 0. The molecule has 0 fully saturated rings. The molecule has 0 saturated carbocycles. The van der Waals surface area contributed by atoms with Gasteiger partial charge in [0.05, 0.1) is 18.2 Å². The van der Waals surface area contributed by atoms with Crippen molar-refractivity contribution >= 4 is 5.91 Å². The van der Waals surface area contributed by atoms with Crippen LogP contribution in [0.1, 0.15) is 29.8 Å². The maximum absolute atomic E-state index is 13.9. The molecule has 0 saturated heterocycles. The normalized spacial score (nSPS) is 12.3. The second-order valence-corrected chi connectivity index (χ2v) is 4.33. The van der Waals surface area contributed by atoms with E-state index in [1.54, 1.807) is 31.1 Å². The quantitative estimate of drug-likeness (QED) is 0.807. The Morgan fingerprint density at radius 2 is 2.17 bits per heavy atom. The summed E-state index contributed by atoms with van der Waals surface area (Å²) in [5.74, 6) is -0.728. The molecule has 1 amide bonds. The van der Waals surface area contributed by atoms with Gasteiger partial charge >= 0.3 is 0 Å². The van der Waals surface area contributed by atoms with Crippen LogP contribution in [-0.2, 0) is 4.74 Å². The van der Waals surface area contributed by atoms with Gasteiger partial charge in [-0.25, -0.2) is 4.39 Å². The van der Waals surface area contributed by atoms with Crippen LogP contribution in [0.3, 0.4) is 0 Å². The number of amides is 1. The van der Waals surface area contributed by atoms with Gasteiger partial charge in [0.25, 0.3) is 5.91 Å². The van der Waals surface area contributed by atoms with E-state index in [-0.39, 0.29) is 17.5 Å². The third-order valence-corrected chi connectivity index (χ3v) is 2.96. The second kappa shape index (κ2) is 6.50. The number of hydrogen-bond donors (Lipinski definition) is 0. The van der Waals surface area contributed by atoms with Gasteiger partial charge in [0.1, 0.15) is 5.82 Å². The average molecular weight is 253 g/mol. The van der Waals surface area contributed by atoms with Gasteiger partial charge in [-0.3, -0.25) is 4.79 Å². The van der Waals surface area contributed by atoms with E-state index in [9.17, 15) is 9.18 Å². The SMILES string of the molecule is CCN(C(=O)c1cccc(C)c1F)C(C)COC. The summed E-state index contributed by atoms with van der Waals surface area (Å²) in [6, 6.07) is 4.79. The van der Waals surface area contributed by atoms with Crippen LogP contribution in [0.4, 0.5) is 4.39 Å². The number of methoxy groups -OCH3 is 1. The van der Waals surface area contributed by atoms with Crippen LogP contribution in [0.5, 0.6) is 0 Å². The summed E-state index contributed by atoms with van der Waals surface area (Å²) in [5.41, 5.74) is 0.608. The lowest BCUT2D eigenvalue weighted by atomic mass is 10.1. The Bertz CT molecular complexity index is 420. The fraction of sp³-hybridized carbons (Fsp3) is 0.500. The summed E-state index contributed by atoms with van der Waals surface area (Å²) >= 11 is 0. The summed E-state index contributed by atoms with van der Waals surface area (Å²) in [5, 5.41) is 0. The molecule has 0 spiro atoms. The minimum atomic E-state index is -0.439. The molecule has 0 aliphatic heterocycles. The summed E-state index contributed by atoms with van der Waals surface area (Å²) in [4.78, 5) is 13.9. The number of rotatable bonds is 5. The fourth-order valence-electron chi connectivity index (χ4n) is 1.95. The number of benzene rings is 1. The molecule has 0 heterocycles. The van der Waals surface area contributed by atoms with Crippen molar-refractivity contribution < 1.29 is 13.9 Å². The van der Waals surface area contributed by atoms with E-state index in [1.807, 2.05) is 13.8 Å². The third-order valence-electron chi connectivity index (χ3n) is 2.96. The highest BCUT2D eigenvalue weighted by Crippen LogP contribution is 2.15. The molecule has 1 aromatic rings. The first-order valence-corrected chi connectivity index (χ1v) is 6.07. The number of aryl methyl sites for hydroxylation is 1. The molecule has 0 radical (unpaired) electrons. The van der Waals surface area contributed by atoms with Crippen LogP contribution in [0.15, 0.2) is 18.2 Å². The van der Waals surface area contributed by atoms with E-state index in [2.05, 4.69) is 0 Å². The largest absolute Gasteiger partial charge is 0.383 e. The van der Waals surface area contributed by atoms with Crippen molar-refractivity contribution in [3.8, 4) is 0 Å². The van der Waals surface area contributed by atoms with E-state index in [4.69, 9.17) is 4.74 Å². The summed E-state index contributed by atoms with van der Waals surface area (Å²) < 4.78 is 19.0. The Morgan fingerprint density at radius 3 is 2.72 bits per heavy atom. The Hall–Kier alpha value is -1.42. The van der Waals surface area contributed by atoms with Gasteiger partial charge in [-0.1, -0.05) is 12.1 Å². The van der Waals surface area contributed by atoms with E-state index in [1.165, 1.54) is 6.07 Å². The molecule has 0 aromatic heterocycles. The number of carbonyl (C=O) groups excluding carboxylic acids is 1. The highest BCUT2D eigenvalue weighted by atomic mass is 19.1. The average Bonchev–Trinajstić information content (AvgIpc) is 2.33. The first kappa shape index (κ1) is 14.6. The van der Waals surface area contributed by atoms with Gasteiger partial charge in [0, 0.05) is 13.7 Å². The topological polar surface area (TPSA) is 29.5 Å². The third kappa shape index (κ3) is 3.07. The highest BCUT2D eigenvalue weighted by molar-refractivity contribution is 5.94. The molecule has 0 bridgehead atoms. The van der Waals surface area contributed by atoms with Crippen molar-refractivity contribution in [2.45, 2.75) is 26.8 Å². The van der Waals surface area contributed by atoms with Gasteiger partial charge in [0.2, 0.25) is 0 Å². The van der Waals surface area contributed by atoms with Crippen molar-refractivity contribution in [1.82, 2.24) is 4.90 Å². The first-order valence-electron chi connectivity index (χ1n) is 6.07. The molecule has 1 aromatic carbocycles. The van der Waals surface area contributed by atoms with Crippen molar-refractivity contribution in [1.29, 1.82) is 0 Å². The van der Waals surface area contributed by atoms with Crippen molar-refractivity contribution in [3.05, 3.63) is 35.1 Å². The maximum atomic E-state index is 13.9. The van der Waals surface area contributed by atoms with Crippen LogP contribution < -0.4 is 0 Å². The minimum Gasteiger partial charge on any atom is -0.383 e. The lowest BCUT2D eigenvalue weighted by molar-refractivity contribution is 0.0574. The van der Waals surface area contributed by atoms with E-state index < -0.39 is 5.82 Å². The van der Waals surface area contributed by atoms with Crippen molar-refractivity contribution in [2.75, 3.05) is 20.3 Å².